The van der Waals surface area contributed by atoms with Gasteiger partial charge in [-0.05, 0) is 49.1 Å². The Balaban J connectivity index is 1.77. The number of nitrogens with zero attached hydrogens (tertiary/aromatic N) is 1. The Kier molecular flexibility index (Phi) is 3.94. The number of aliphatic imine (C=N–C) groups is 1. The molecule has 2 nitrogen and oxygen atoms in total. The first-order valence-electron chi connectivity index (χ1n) is 6.90. The molecule has 0 spiro atoms. The molecule has 1 aromatic heterocycles. The van der Waals surface area contributed by atoms with Crippen molar-refractivity contribution < 1.29 is 0 Å². The molecule has 0 saturated carbocycles. The van der Waals surface area contributed by atoms with Gasteiger partial charge in [-0.3, -0.25) is 4.99 Å². The Morgan fingerprint density at radius 1 is 1.44 bits per heavy atom. The number of thioether (sulfide) groups is 1. The van der Waals surface area contributed by atoms with Gasteiger partial charge in [0.25, 0.3) is 0 Å². The molecule has 1 aromatic rings. The van der Waals surface area contributed by atoms with E-state index in [1.54, 1.807) is 4.88 Å². The van der Waals surface area contributed by atoms with Crippen molar-refractivity contribution in [2.75, 3.05) is 5.75 Å². The highest BCUT2D eigenvalue weighted by Gasteiger charge is 2.23. The molecule has 2 heterocycles. The molecule has 2 aliphatic rings. The van der Waals surface area contributed by atoms with Gasteiger partial charge in [-0.2, -0.15) is 0 Å². The number of rotatable bonds is 2. The van der Waals surface area contributed by atoms with E-state index >= 15 is 0 Å². The van der Waals surface area contributed by atoms with Gasteiger partial charge in [0.05, 0.1) is 6.04 Å². The first-order valence-corrected chi connectivity index (χ1v) is 8.76. The van der Waals surface area contributed by atoms with Crippen LogP contribution in [-0.4, -0.2) is 17.0 Å². The fourth-order valence-electron chi connectivity index (χ4n) is 2.70. The van der Waals surface area contributed by atoms with Crippen molar-refractivity contribution in [1.29, 1.82) is 0 Å². The molecule has 1 aliphatic heterocycles. The van der Waals surface area contributed by atoms with Crippen LogP contribution in [0.15, 0.2) is 16.4 Å². The molecule has 1 aliphatic carbocycles. The van der Waals surface area contributed by atoms with Crippen molar-refractivity contribution in [3.8, 4) is 0 Å². The lowest BCUT2D eigenvalue weighted by molar-refractivity contribution is 0.553. The van der Waals surface area contributed by atoms with Gasteiger partial charge in [0.2, 0.25) is 0 Å². The first-order chi connectivity index (χ1) is 8.86. The van der Waals surface area contributed by atoms with Crippen molar-refractivity contribution >= 4 is 28.3 Å². The zero-order chi connectivity index (χ0) is 12.4. The molecule has 0 aromatic carbocycles. The SMILES string of the molecule is CCC1CCSC(=NC2CCCc3sccc32)N1. The second-order valence-corrected chi connectivity index (χ2v) is 7.11. The Morgan fingerprint density at radius 2 is 2.39 bits per heavy atom. The van der Waals surface area contributed by atoms with Crippen LogP contribution in [0.3, 0.4) is 0 Å². The average Bonchev–Trinajstić information content (AvgIpc) is 2.88. The third-order valence-electron chi connectivity index (χ3n) is 3.82. The summed E-state index contributed by atoms with van der Waals surface area (Å²) in [6, 6.07) is 3.32. The molecule has 0 amide bonds. The van der Waals surface area contributed by atoms with Gasteiger partial charge in [-0.15, -0.1) is 11.3 Å². The van der Waals surface area contributed by atoms with Crippen molar-refractivity contribution in [3.63, 3.8) is 0 Å². The summed E-state index contributed by atoms with van der Waals surface area (Å²) in [6.45, 7) is 2.25. The number of aryl methyl sites for hydroxylation is 1. The van der Waals surface area contributed by atoms with Crippen LogP contribution in [0.2, 0.25) is 0 Å². The minimum absolute atomic E-state index is 0.408. The molecule has 0 bridgehead atoms. The summed E-state index contributed by atoms with van der Waals surface area (Å²) in [6.07, 6.45) is 6.23. The number of nitrogens with one attached hydrogen (secondary N) is 1. The van der Waals surface area contributed by atoms with Crippen LogP contribution in [0.4, 0.5) is 0 Å². The maximum atomic E-state index is 4.98. The minimum Gasteiger partial charge on any atom is -0.362 e. The molecule has 3 rings (SSSR count). The predicted molar refractivity (Wildman–Crippen MR) is 81.7 cm³/mol. The van der Waals surface area contributed by atoms with E-state index in [0.29, 0.717) is 12.1 Å². The summed E-state index contributed by atoms with van der Waals surface area (Å²) in [7, 11) is 0. The van der Waals surface area contributed by atoms with Gasteiger partial charge >= 0.3 is 0 Å². The van der Waals surface area contributed by atoms with E-state index in [-0.39, 0.29) is 0 Å². The monoisotopic (exact) mass is 280 g/mol. The number of hydrogen-bond acceptors (Lipinski definition) is 3. The molecule has 98 valence electrons. The number of hydrogen-bond donors (Lipinski definition) is 1. The van der Waals surface area contributed by atoms with Crippen molar-refractivity contribution in [2.24, 2.45) is 4.99 Å². The Labute approximate surface area is 117 Å². The van der Waals surface area contributed by atoms with Crippen LogP contribution < -0.4 is 5.32 Å². The number of fused-ring (bicyclic) bond motifs is 1. The summed E-state index contributed by atoms with van der Waals surface area (Å²) >= 11 is 3.80. The zero-order valence-electron chi connectivity index (χ0n) is 10.8. The fraction of sp³-hybridized carbons (Fsp3) is 0.643. The standard InChI is InChI=1S/C14H20N2S2/c1-2-10-6-8-18-14(15-10)16-12-4-3-5-13-11(12)7-9-17-13/h7,9-10,12H,2-6,8H2,1H3,(H,15,16). The third kappa shape index (κ3) is 2.59. The van der Waals surface area contributed by atoms with E-state index in [9.17, 15) is 0 Å². The quantitative estimate of drug-likeness (QED) is 0.886. The van der Waals surface area contributed by atoms with E-state index in [2.05, 4.69) is 23.7 Å². The summed E-state index contributed by atoms with van der Waals surface area (Å²) in [5.41, 5.74) is 1.49. The average molecular weight is 280 g/mol. The second kappa shape index (κ2) is 5.66. The molecular weight excluding hydrogens is 260 g/mol. The number of thiophene rings is 1. The van der Waals surface area contributed by atoms with Gasteiger partial charge in [0.1, 0.15) is 0 Å². The largest absolute Gasteiger partial charge is 0.362 e. The molecule has 1 N–H and O–H groups in total. The van der Waals surface area contributed by atoms with Crippen molar-refractivity contribution in [2.45, 2.75) is 51.1 Å². The highest BCUT2D eigenvalue weighted by Crippen LogP contribution is 2.36. The molecule has 0 radical (unpaired) electrons. The molecular formula is C14H20N2S2. The molecule has 2 unspecified atom stereocenters. The summed E-state index contributed by atoms with van der Waals surface area (Å²) < 4.78 is 0. The molecule has 4 heteroatoms. The van der Waals surface area contributed by atoms with Crippen LogP contribution >= 0.6 is 23.1 Å². The highest BCUT2D eigenvalue weighted by atomic mass is 32.2. The Bertz CT molecular complexity index is 439. The maximum Gasteiger partial charge on any atom is 0.157 e. The first kappa shape index (κ1) is 12.5. The van der Waals surface area contributed by atoms with Crippen molar-refractivity contribution in [3.05, 3.63) is 21.9 Å². The summed E-state index contributed by atoms with van der Waals surface area (Å²) in [4.78, 5) is 6.54. The van der Waals surface area contributed by atoms with Crippen molar-refractivity contribution in [1.82, 2.24) is 5.32 Å². The lowest BCUT2D eigenvalue weighted by Crippen LogP contribution is -2.37. The van der Waals surface area contributed by atoms with Crippen LogP contribution in [0.5, 0.6) is 0 Å². The second-order valence-electron chi connectivity index (χ2n) is 5.03. The van der Waals surface area contributed by atoms with Crippen LogP contribution in [0.25, 0.3) is 0 Å². The van der Waals surface area contributed by atoms with E-state index in [1.807, 2.05) is 23.1 Å². The predicted octanol–water partition coefficient (Wildman–Crippen LogP) is 3.99. The van der Waals surface area contributed by atoms with E-state index in [1.165, 1.54) is 48.6 Å². The van der Waals surface area contributed by atoms with Gasteiger partial charge in [-0.25, -0.2) is 0 Å². The number of amidine groups is 1. The van der Waals surface area contributed by atoms with Crippen LogP contribution in [0.1, 0.15) is 49.1 Å². The molecule has 1 fully saturated rings. The molecule has 2 atom stereocenters. The lowest BCUT2D eigenvalue weighted by Gasteiger charge is -2.26. The highest BCUT2D eigenvalue weighted by molar-refractivity contribution is 8.13. The Hall–Kier alpha value is -0.480. The van der Waals surface area contributed by atoms with Gasteiger partial charge in [-0.1, -0.05) is 18.7 Å². The Morgan fingerprint density at radius 3 is 3.28 bits per heavy atom. The third-order valence-corrected chi connectivity index (χ3v) is 5.75. The smallest absolute Gasteiger partial charge is 0.157 e. The normalized spacial score (nSPS) is 29.9. The van der Waals surface area contributed by atoms with Crippen LogP contribution in [-0.2, 0) is 6.42 Å². The fourth-order valence-corrected chi connectivity index (χ4v) is 4.73. The van der Waals surface area contributed by atoms with E-state index < -0.39 is 0 Å². The van der Waals surface area contributed by atoms with E-state index in [0.717, 1.165) is 0 Å². The molecule has 1 saturated heterocycles. The maximum absolute atomic E-state index is 4.98. The van der Waals surface area contributed by atoms with Gasteiger partial charge < -0.3 is 5.32 Å². The lowest BCUT2D eigenvalue weighted by atomic mass is 9.95. The summed E-state index contributed by atoms with van der Waals surface area (Å²) in [5.74, 6) is 1.22. The molecule has 18 heavy (non-hydrogen) atoms. The van der Waals surface area contributed by atoms with Crippen LogP contribution in [0, 0.1) is 0 Å². The minimum atomic E-state index is 0.408. The summed E-state index contributed by atoms with van der Waals surface area (Å²) in [5, 5.41) is 6.99. The van der Waals surface area contributed by atoms with Gasteiger partial charge in [0.15, 0.2) is 5.17 Å². The van der Waals surface area contributed by atoms with E-state index in [4.69, 9.17) is 4.99 Å². The topological polar surface area (TPSA) is 24.4 Å². The zero-order valence-corrected chi connectivity index (χ0v) is 12.4. The van der Waals surface area contributed by atoms with Gasteiger partial charge in [0, 0.05) is 16.7 Å².